The molecule has 0 bridgehead atoms. The molecule has 2 aromatic heterocycles. The molecule has 0 aliphatic carbocycles. The number of rotatable bonds is 1. The number of amides is 1. The van der Waals surface area contributed by atoms with Crippen LogP contribution >= 0.6 is 11.3 Å². The number of nitrogen functional groups attached to an aromatic ring is 1. The Hall–Kier alpha value is -2.92. The highest BCUT2D eigenvalue weighted by Crippen LogP contribution is 2.39. The lowest BCUT2D eigenvalue weighted by Gasteiger charge is -2.22. The maximum Gasteiger partial charge on any atom is 0.270 e. The number of pyridine rings is 1. The molecule has 134 valence electrons. The van der Waals surface area contributed by atoms with Gasteiger partial charge in [-0.3, -0.25) is 4.79 Å². The summed E-state index contributed by atoms with van der Waals surface area (Å²) in [6.45, 7) is 4.14. The normalized spacial score (nSPS) is 16.2. The lowest BCUT2D eigenvalue weighted by Crippen LogP contribution is -2.35. The van der Waals surface area contributed by atoms with E-state index in [1.165, 1.54) is 22.5 Å². The fourth-order valence-electron chi connectivity index (χ4n) is 3.97. The van der Waals surface area contributed by atoms with Crippen molar-refractivity contribution in [2.24, 2.45) is 0 Å². The van der Waals surface area contributed by atoms with Gasteiger partial charge in [0, 0.05) is 22.5 Å². The van der Waals surface area contributed by atoms with Crippen molar-refractivity contribution in [3.05, 3.63) is 64.5 Å². The number of anilines is 2. The average molecular weight is 373 g/mol. The molecule has 5 heteroatoms. The smallest absolute Gasteiger partial charge is 0.270 e. The number of thiophene rings is 1. The van der Waals surface area contributed by atoms with Crippen molar-refractivity contribution >= 4 is 49.7 Å². The molecule has 2 aromatic carbocycles. The Bertz CT molecular complexity index is 1230. The Labute approximate surface area is 161 Å². The third-order valence-corrected chi connectivity index (χ3v) is 6.39. The van der Waals surface area contributed by atoms with Crippen molar-refractivity contribution in [1.82, 2.24) is 4.98 Å². The second-order valence-electron chi connectivity index (χ2n) is 7.24. The summed E-state index contributed by atoms with van der Waals surface area (Å²) < 4.78 is 0. The first-order chi connectivity index (χ1) is 13.0. The highest BCUT2D eigenvalue weighted by Gasteiger charge is 2.33. The number of carbonyl (C=O) groups is 1. The fourth-order valence-corrected chi connectivity index (χ4v) is 4.99. The third-order valence-electron chi connectivity index (χ3n) is 5.29. The monoisotopic (exact) mass is 373 g/mol. The van der Waals surface area contributed by atoms with E-state index < -0.39 is 0 Å². The molecule has 1 unspecified atom stereocenters. The Morgan fingerprint density at radius 1 is 1.22 bits per heavy atom. The molecule has 2 N–H and O–H groups in total. The number of para-hydroxylation sites is 1. The van der Waals surface area contributed by atoms with Gasteiger partial charge in [-0.2, -0.15) is 0 Å². The third kappa shape index (κ3) is 2.42. The van der Waals surface area contributed by atoms with E-state index in [9.17, 15) is 4.79 Å². The van der Waals surface area contributed by atoms with E-state index in [4.69, 9.17) is 10.7 Å². The molecule has 27 heavy (non-hydrogen) atoms. The second-order valence-corrected chi connectivity index (χ2v) is 8.24. The van der Waals surface area contributed by atoms with Crippen LogP contribution in [0.25, 0.3) is 21.1 Å². The number of fused-ring (bicyclic) bond motifs is 3. The van der Waals surface area contributed by atoms with E-state index in [2.05, 4.69) is 32.0 Å². The fraction of sp³-hybridized carbons (Fsp3) is 0.182. The summed E-state index contributed by atoms with van der Waals surface area (Å²) in [7, 11) is 0. The summed E-state index contributed by atoms with van der Waals surface area (Å²) >= 11 is 1.39. The zero-order chi connectivity index (χ0) is 18.7. The van der Waals surface area contributed by atoms with Crippen LogP contribution in [0.1, 0.15) is 27.7 Å². The van der Waals surface area contributed by atoms with Crippen LogP contribution in [-0.4, -0.2) is 16.9 Å². The lowest BCUT2D eigenvalue weighted by molar-refractivity contribution is 0.0986. The van der Waals surface area contributed by atoms with Crippen LogP contribution in [0, 0.1) is 6.92 Å². The SMILES string of the molecule is Cc1ccc2nc3sc(C(=O)N4c5ccccc5CC4C)c(N)c3cc2c1. The van der Waals surface area contributed by atoms with E-state index in [1.54, 1.807) is 0 Å². The maximum absolute atomic E-state index is 13.4. The molecule has 1 aliphatic rings. The molecule has 1 amide bonds. The van der Waals surface area contributed by atoms with Gasteiger partial charge in [-0.25, -0.2) is 4.98 Å². The number of hydrogen-bond acceptors (Lipinski definition) is 4. The van der Waals surface area contributed by atoms with Gasteiger partial charge in [-0.1, -0.05) is 29.8 Å². The zero-order valence-electron chi connectivity index (χ0n) is 15.2. The predicted octanol–water partition coefficient (Wildman–Crippen LogP) is 4.93. The standard InChI is InChI=1S/C22H19N3OS/c1-12-7-8-17-15(9-12)11-16-19(23)20(27-21(16)24-17)22(26)25-13(2)10-14-5-3-4-6-18(14)25/h3-9,11,13H,10,23H2,1-2H3. The van der Waals surface area contributed by atoms with Gasteiger partial charge in [0.05, 0.1) is 11.2 Å². The number of carbonyl (C=O) groups excluding carboxylic acids is 1. The minimum absolute atomic E-state index is 0.0341. The van der Waals surface area contributed by atoms with Crippen LogP contribution in [0.3, 0.4) is 0 Å². The highest BCUT2D eigenvalue weighted by molar-refractivity contribution is 7.21. The summed E-state index contributed by atoms with van der Waals surface area (Å²) in [6, 6.07) is 16.4. The number of nitrogens with zero attached hydrogens (tertiary/aromatic N) is 2. The molecule has 1 atom stereocenters. The molecule has 5 rings (SSSR count). The van der Waals surface area contributed by atoms with E-state index >= 15 is 0 Å². The van der Waals surface area contributed by atoms with Gasteiger partial charge in [-0.15, -0.1) is 11.3 Å². The molecular formula is C22H19N3OS. The van der Waals surface area contributed by atoms with Crippen molar-refractivity contribution < 1.29 is 4.79 Å². The molecule has 0 saturated carbocycles. The number of aromatic nitrogens is 1. The van der Waals surface area contributed by atoms with Gasteiger partial charge in [0.25, 0.3) is 5.91 Å². The first kappa shape index (κ1) is 16.3. The van der Waals surface area contributed by atoms with Crippen molar-refractivity contribution in [2.75, 3.05) is 10.6 Å². The average Bonchev–Trinajstić information content (AvgIpc) is 3.16. The Morgan fingerprint density at radius 3 is 2.89 bits per heavy atom. The topological polar surface area (TPSA) is 59.2 Å². The number of benzene rings is 2. The van der Waals surface area contributed by atoms with Crippen molar-refractivity contribution in [1.29, 1.82) is 0 Å². The summed E-state index contributed by atoms with van der Waals surface area (Å²) in [6.07, 6.45) is 0.869. The van der Waals surface area contributed by atoms with Crippen molar-refractivity contribution in [3.8, 4) is 0 Å². The molecule has 4 nitrogen and oxygen atoms in total. The Kier molecular flexibility index (Phi) is 3.49. The van der Waals surface area contributed by atoms with Gasteiger partial charge >= 0.3 is 0 Å². The molecule has 0 saturated heterocycles. The van der Waals surface area contributed by atoms with Crippen LogP contribution in [0.15, 0.2) is 48.5 Å². The first-order valence-corrected chi connectivity index (χ1v) is 9.85. The van der Waals surface area contributed by atoms with E-state index in [0.29, 0.717) is 10.6 Å². The largest absolute Gasteiger partial charge is 0.397 e. The Morgan fingerprint density at radius 2 is 2.04 bits per heavy atom. The van der Waals surface area contributed by atoms with E-state index in [1.807, 2.05) is 35.2 Å². The summed E-state index contributed by atoms with van der Waals surface area (Å²) in [5.74, 6) is -0.0341. The van der Waals surface area contributed by atoms with Crippen molar-refractivity contribution in [3.63, 3.8) is 0 Å². The molecular weight excluding hydrogens is 354 g/mol. The molecule has 0 spiro atoms. The van der Waals surface area contributed by atoms with Crippen LogP contribution in [0.5, 0.6) is 0 Å². The minimum atomic E-state index is -0.0341. The van der Waals surface area contributed by atoms with Gasteiger partial charge in [0.15, 0.2) is 0 Å². The summed E-state index contributed by atoms with van der Waals surface area (Å²) in [5, 5.41) is 1.91. The van der Waals surface area contributed by atoms with Gasteiger partial charge in [-0.05, 0) is 50.1 Å². The van der Waals surface area contributed by atoms with Crippen LogP contribution < -0.4 is 10.6 Å². The van der Waals surface area contributed by atoms with Crippen LogP contribution in [0.4, 0.5) is 11.4 Å². The number of nitrogens with two attached hydrogens (primary N) is 1. The van der Waals surface area contributed by atoms with E-state index in [-0.39, 0.29) is 11.9 Å². The predicted molar refractivity (Wildman–Crippen MR) is 113 cm³/mol. The lowest BCUT2D eigenvalue weighted by atomic mass is 10.1. The first-order valence-electron chi connectivity index (χ1n) is 9.04. The second kappa shape index (κ2) is 5.79. The molecule has 3 heterocycles. The van der Waals surface area contributed by atoms with Crippen LogP contribution in [0.2, 0.25) is 0 Å². The minimum Gasteiger partial charge on any atom is -0.397 e. The quantitative estimate of drug-likeness (QED) is 0.514. The van der Waals surface area contributed by atoms with Gasteiger partial charge in [0.1, 0.15) is 9.71 Å². The highest BCUT2D eigenvalue weighted by atomic mass is 32.1. The van der Waals surface area contributed by atoms with E-state index in [0.717, 1.165) is 33.2 Å². The summed E-state index contributed by atoms with van der Waals surface area (Å²) in [4.78, 5) is 21.4. The maximum atomic E-state index is 13.4. The van der Waals surface area contributed by atoms with Gasteiger partial charge in [0.2, 0.25) is 0 Å². The summed E-state index contributed by atoms with van der Waals surface area (Å²) in [5.41, 5.74) is 11.3. The zero-order valence-corrected chi connectivity index (χ0v) is 16.0. The molecule has 0 radical (unpaired) electrons. The Balaban J connectivity index is 1.65. The molecule has 0 fully saturated rings. The molecule has 4 aromatic rings. The number of aryl methyl sites for hydroxylation is 1. The number of hydrogen-bond donors (Lipinski definition) is 1. The molecule has 1 aliphatic heterocycles. The van der Waals surface area contributed by atoms with Gasteiger partial charge < -0.3 is 10.6 Å². The van der Waals surface area contributed by atoms with Crippen LogP contribution in [-0.2, 0) is 6.42 Å². The van der Waals surface area contributed by atoms with Crippen molar-refractivity contribution in [2.45, 2.75) is 26.3 Å².